The summed E-state index contributed by atoms with van der Waals surface area (Å²) in [7, 11) is 0. The lowest BCUT2D eigenvalue weighted by atomic mass is 10.1. The molecule has 126 valence electrons. The van der Waals surface area contributed by atoms with Crippen LogP contribution < -0.4 is 5.32 Å². The molecule has 2 aliphatic rings. The SMILES string of the molecule is CC(C)(C)OC(=O)N1CCC(CNC2CCc3ccccc32)C1. The number of hydrogen-bond donors (Lipinski definition) is 1. The molecule has 3 rings (SSSR count). The number of fused-ring (bicyclic) bond motifs is 1. The van der Waals surface area contributed by atoms with E-state index in [1.54, 1.807) is 0 Å². The number of likely N-dealkylation sites (tertiary alicyclic amines) is 1. The Bertz CT molecular complexity index is 565. The van der Waals surface area contributed by atoms with Crippen molar-refractivity contribution in [2.24, 2.45) is 5.92 Å². The van der Waals surface area contributed by atoms with Gasteiger partial charge in [-0.3, -0.25) is 0 Å². The number of carbonyl (C=O) groups is 1. The van der Waals surface area contributed by atoms with E-state index in [0.29, 0.717) is 12.0 Å². The molecule has 4 nitrogen and oxygen atoms in total. The number of amides is 1. The van der Waals surface area contributed by atoms with E-state index in [9.17, 15) is 4.79 Å². The number of carbonyl (C=O) groups excluding carboxylic acids is 1. The van der Waals surface area contributed by atoms with E-state index in [1.807, 2.05) is 25.7 Å². The first kappa shape index (κ1) is 16.3. The molecule has 1 heterocycles. The van der Waals surface area contributed by atoms with Gasteiger partial charge in [0.1, 0.15) is 5.60 Å². The van der Waals surface area contributed by atoms with E-state index in [0.717, 1.165) is 26.1 Å². The van der Waals surface area contributed by atoms with Gasteiger partial charge in [0, 0.05) is 25.7 Å². The highest BCUT2D eigenvalue weighted by molar-refractivity contribution is 5.68. The summed E-state index contributed by atoms with van der Waals surface area (Å²) in [6, 6.07) is 9.19. The van der Waals surface area contributed by atoms with Gasteiger partial charge in [-0.25, -0.2) is 4.79 Å². The van der Waals surface area contributed by atoms with Crippen LogP contribution in [0.15, 0.2) is 24.3 Å². The Balaban J connectivity index is 1.47. The Labute approximate surface area is 139 Å². The standard InChI is InChI=1S/C19H28N2O2/c1-19(2,3)23-18(22)21-11-10-14(13-21)12-20-17-9-8-15-6-4-5-7-16(15)17/h4-7,14,17,20H,8-13H2,1-3H3. The second-order valence-electron chi connectivity index (χ2n) is 7.78. The van der Waals surface area contributed by atoms with E-state index in [2.05, 4.69) is 29.6 Å². The number of nitrogens with one attached hydrogen (secondary N) is 1. The van der Waals surface area contributed by atoms with Crippen LogP contribution in [0.2, 0.25) is 0 Å². The summed E-state index contributed by atoms with van der Waals surface area (Å²) in [4.78, 5) is 14.0. The summed E-state index contributed by atoms with van der Waals surface area (Å²) in [6.45, 7) is 8.32. The number of ether oxygens (including phenoxy) is 1. The molecule has 1 aliphatic heterocycles. The zero-order valence-corrected chi connectivity index (χ0v) is 14.5. The highest BCUT2D eigenvalue weighted by Crippen LogP contribution is 2.31. The lowest BCUT2D eigenvalue weighted by Gasteiger charge is -2.24. The van der Waals surface area contributed by atoms with Crippen LogP contribution in [-0.2, 0) is 11.2 Å². The Morgan fingerprint density at radius 2 is 2.09 bits per heavy atom. The smallest absolute Gasteiger partial charge is 0.410 e. The quantitative estimate of drug-likeness (QED) is 0.927. The molecule has 0 spiro atoms. The van der Waals surface area contributed by atoms with E-state index < -0.39 is 5.60 Å². The number of rotatable bonds is 3. The zero-order valence-electron chi connectivity index (χ0n) is 14.5. The van der Waals surface area contributed by atoms with E-state index in [4.69, 9.17) is 4.74 Å². The first-order valence-electron chi connectivity index (χ1n) is 8.71. The molecule has 0 aromatic heterocycles. The van der Waals surface area contributed by atoms with Gasteiger partial charge in [-0.1, -0.05) is 24.3 Å². The molecule has 0 radical (unpaired) electrons. The van der Waals surface area contributed by atoms with Crippen molar-refractivity contribution in [2.45, 2.75) is 51.7 Å². The second-order valence-corrected chi connectivity index (χ2v) is 7.78. The Hall–Kier alpha value is -1.55. The van der Waals surface area contributed by atoms with Crippen molar-refractivity contribution in [1.29, 1.82) is 0 Å². The zero-order chi connectivity index (χ0) is 16.4. The molecule has 0 saturated carbocycles. The number of hydrogen-bond acceptors (Lipinski definition) is 3. The predicted molar refractivity (Wildman–Crippen MR) is 91.4 cm³/mol. The molecule has 1 aliphatic carbocycles. The first-order valence-corrected chi connectivity index (χ1v) is 8.71. The molecule has 1 N–H and O–H groups in total. The van der Waals surface area contributed by atoms with Crippen LogP contribution in [0.3, 0.4) is 0 Å². The summed E-state index contributed by atoms with van der Waals surface area (Å²) >= 11 is 0. The van der Waals surface area contributed by atoms with Crippen molar-refractivity contribution < 1.29 is 9.53 Å². The van der Waals surface area contributed by atoms with Crippen molar-refractivity contribution in [3.63, 3.8) is 0 Å². The van der Waals surface area contributed by atoms with Gasteiger partial charge in [-0.15, -0.1) is 0 Å². The summed E-state index contributed by atoms with van der Waals surface area (Å²) in [5, 5.41) is 3.71. The largest absolute Gasteiger partial charge is 0.444 e. The van der Waals surface area contributed by atoms with Crippen molar-refractivity contribution in [1.82, 2.24) is 10.2 Å². The number of aryl methyl sites for hydroxylation is 1. The third-order valence-electron chi connectivity index (χ3n) is 4.72. The maximum Gasteiger partial charge on any atom is 0.410 e. The molecular weight excluding hydrogens is 288 g/mol. The Kier molecular flexibility index (Phi) is 4.62. The van der Waals surface area contributed by atoms with Crippen LogP contribution in [0.5, 0.6) is 0 Å². The van der Waals surface area contributed by atoms with Crippen LogP contribution in [0.25, 0.3) is 0 Å². The van der Waals surface area contributed by atoms with Crippen LogP contribution in [0.4, 0.5) is 4.79 Å². The second kappa shape index (κ2) is 6.52. The van der Waals surface area contributed by atoms with E-state index >= 15 is 0 Å². The van der Waals surface area contributed by atoms with Crippen LogP contribution in [0.1, 0.15) is 50.8 Å². The fourth-order valence-electron chi connectivity index (χ4n) is 3.57. The summed E-state index contributed by atoms with van der Waals surface area (Å²) < 4.78 is 5.46. The van der Waals surface area contributed by atoms with Gasteiger partial charge in [0.2, 0.25) is 0 Å². The molecule has 2 unspecified atom stereocenters. The highest BCUT2D eigenvalue weighted by atomic mass is 16.6. The van der Waals surface area contributed by atoms with Crippen molar-refractivity contribution in [3.8, 4) is 0 Å². The first-order chi connectivity index (χ1) is 10.9. The minimum Gasteiger partial charge on any atom is -0.444 e. The van der Waals surface area contributed by atoms with Gasteiger partial charge in [-0.05, 0) is 57.1 Å². The number of nitrogens with zero attached hydrogens (tertiary/aromatic N) is 1. The maximum absolute atomic E-state index is 12.1. The Morgan fingerprint density at radius 3 is 2.87 bits per heavy atom. The number of benzene rings is 1. The van der Waals surface area contributed by atoms with Crippen LogP contribution in [-0.4, -0.2) is 36.2 Å². The minimum absolute atomic E-state index is 0.175. The summed E-state index contributed by atoms with van der Waals surface area (Å²) in [6.07, 6.45) is 3.23. The topological polar surface area (TPSA) is 41.6 Å². The van der Waals surface area contributed by atoms with Crippen molar-refractivity contribution in [3.05, 3.63) is 35.4 Å². The monoisotopic (exact) mass is 316 g/mol. The minimum atomic E-state index is -0.416. The van der Waals surface area contributed by atoms with Crippen molar-refractivity contribution in [2.75, 3.05) is 19.6 Å². The average Bonchev–Trinajstić information content (AvgIpc) is 3.10. The van der Waals surface area contributed by atoms with Gasteiger partial charge < -0.3 is 15.0 Å². The van der Waals surface area contributed by atoms with Crippen LogP contribution >= 0.6 is 0 Å². The third-order valence-corrected chi connectivity index (χ3v) is 4.72. The van der Waals surface area contributed by atoms with E-state index in [-0.39, 0.29) is 6.09 Å². The molecule has 23 heavy (non-hydrogen) atoms. The normalized spacial score (nSPS) is 23.9. The molecule has 2 atom stereocenters. The molecule has 1 saturated heterocycles. The lowest BCUT2D eigenvalue weighted by Crippen LogP contribution is -2.36. The van der Waals surface area contributed by atoms with Gasteiger partial charge in [0.15, 0.2) is 0 Å². The molecule has 1 fully saturated rings. The Morgan fingerprint density at radius 1 is 1.30 bits per heavy atom. The van der Waals surface area contributed by atoms with Gasteiger partial charge in [0.25, 0.3) is 0 Å². The molecule has 1 aromatic rings. The molecule has 0 bridgehead atoms. The van der Waals surface area contributed by atoms with Crippen molar-refractivity contribution >= 4 is 6.09 Å². The van der Waals surface area contributed by atoms with Crippen LogP contribution in [0, 0.1) is 5.92 Å². The molecular formula is C19H28N2O2. The molecule has 4 heteroatoms. The predicted octanol–water partition coefficient (Wildman–Crippen LogP) is 3.52. The fraction of sp³-hybridized carbons (Fsp3) is 0.632. The van der Waals surface area contributed by atoms with Gasteiger partial charge >= 0.3 is 6.09 Å². The van der Waals surface area contributed by atoms with Gasteiger partial charge in [0.05, 0.1) is 0 Å². The van der Waals surface area contributed by atoms with Gasteiger partial charge in [-0.2, -0.15) is 0 Å². The van der Waals surface area contributed by atoms with E-state index in [1.165, 1.54) is 24.0 Å². The highest BCUT2D eigenvalue weighted by Gasteiger charge is 2.30. The summed E-state index contributed by atoms with van der Waals surface area (Å²) in [5.41, 5.74) is 2.52. The fourth-order valence-corrected chi connectivity index (χ4v) is 3.57. The third kappa shape index (κ3) is 4.05. The lowest BCUT2D eigenvalue weighted by molar-refractivity contribution is 0.0288. The average molecular weight is 316 g/mol. The maximum atomic E-state index is 12.1. The molecule has 1 aromatic carbocycles. The summed E-state index contributed by atoms with van der Waals surface area (Å²) in [5.74, 6) is 0.523. The molecule has 1 amide bonds.